The molecule has 23 heteroatoms. The van der Waals surface area contributed by atoms with Gasteiger partial charge in [0.25, 0.3) is 25.9 Å². The molecular weight excluding hydrogens is 1020 g/mol. The Kier molecular flexibility index (Phi) is 14.6. The fraction of sp³-hybridized carbons (Fsp3) is 0.231. The Bertz CT molecular complexity index is 3700. The van der Waals surface area contributed by atoms with Crippen LogP contribution in [0, 0.1) is 0 Å². The van der Waals surface area contributed by atoms with Gasteiger partial charge in [-0.15, -0.1) is 0 Å². The third-order valence-electron chi connectivity index (χ3n) is 10.4. The average molecular weight is 1080 g/mol. The lowest BCUT2D eigenvalue weighted by molar-refractivity contribution is 0.192. The van der Waals surface area contributed by atoms with Crippen molar-refractivity contribution in [2.24, 2.45) is 0 Å². The summed E-state index contributed by atoms with van der Waals surface area (Å²) in [5.74, 6) is -2.02. The number of aliphatic hydroxyl groups excluding tert-OH is 1. The molecule has 8 aromatic rings. The minimum absolute atomic E-state index is 0.0279. The normalized spacial score (nSPS) is 13.2. The molecule has 75 heavy (non-hydrogen) atoms. The van der Waals surface area contributed by atoms with Crippen LogP contribution < -0.4 is 33.1 Å². The van der Waals surface area contributed by atoms with E-state index < -0.39 is 40.7 Å². The van der Waals surface area contributed by atoms with Crippen LogP contribution in [0.5, 0.6) is 40.4 Å². The van der Waals surface area contributed by atoms with E-state index in [2.05, 4.69) is 49.3 Å². The van der Waals surface area contributed by atoms with Gasteiger partial charge in [-0.3, -0.25) is 9.44 Å². The summed E-state index contributed by atoms with van der Waals surface area (Å²) in [5, 5.41) is 9.14. The van der Waals surface area contributed by atoms with Crippen LogP contribution in [0.1, 0.15) is 60.9 Å². The first kappa shape index (κ1) is 46.7. The zero-order valence-electron chi connectivity index (χ0n) is 47.0. The van der Waals surface area contributed by atoms with Gasteiger partial charge in [-0.1, -0.05) is 102 Å². The highest BCUT2D eigenvalue weighted by Gasteiger charge is 2.28. The quantitative estimate of drug-likeness (QED) is 0.0716. The molecule has 0 bridgehead atoms. The Hall–Kier alpha value is -8.05. The van der Waals surface area contributed by atoms with Gasteiger partial charge >= 0.3 is 0 Å². The summed E-state index contributed by atoms with van der Waals surface area (Å²) in [7, 11) is -14.0. The number of ether oxygens (including phenoxy) is 5. The summed E-state index contributed by atoms with van der Waals surface area (Å²) < 4.78 is 131. The van der Waals surface area contributed by atoms with Gasteiger partial charge in [0, 0.05) is 24.8 Å². The number of nitrogens with one attached hydrogen (secondary N) is 2. The molecule has 0 unspecified atom stereocenters. The third-order valence-corrected chi connectivity index (χ3v) is 13.4. The molecule has 0 fully saturated rings. The van der Waals surface area contributed by atoms with Crippen molar-refractivity contribution in [1.82, 2.24) is 39.9 Å². The van der Waals surface area contributed by atoms with Crippen molar-refractivity contribution in [3.05, 3.63) is 150 Å². The molecule has 20 nitrogen and oxygen atoms in total. The van der Waals surface area contributed by atoms with Gasteiger partial charge in [0.05, 0.1) is 38.7 Å². The molecule has 0 saturated carbocycles. The summed E-state index contributed by atoms with van der Waals surface area (Å²) in [5.41, 5.74) is 1.51. The number of sulfonamides is 2. The van der Waals surface area contributed by atoms with Crippen molar-refractivity contribution in [2.75, 3.05) is 36.7 Å². The van der Waals surface area contributed by atoms with E-state index in [4.69, 9.17) is 43.5 Å². The molecule has 0 aliphatic carbocycles. The van der Waals surface area contributed by atoms with E-state index in [1.807, 2.05) is 41.5 Å². The van der Waals surface area contributed by atoms with Crippen LogP contribution in [0.25, 0.3) is 23.3 Å². The molecular formula is C52H53ClN10O10S2. The van der Waals surface area contributed by atoms with Crippen molar-refractivity contribution >= 4 is 43.3 Å². The third kappa shape index (κ3) is 13.8. The summed E-state index contributed by atoms with van der Waals surface area (Å²) in [6, 6.07) is 27.7. The molecule has 0 amide bonds. The van der Waals surface area contributed by atoms with Gasteiger partial charge in [0.2, 0.25) is 23.1 Å². The molecule has 3 N–H and O–H groups in total. The summed E-state index contributed by atoms with van der Waals surface area (Å²) >= 11 is 6.45. The van der Waals surface area contributed by atoms with E-state index in [0.29, 0.717) is 0 Å². The zero-order valence-corrected chi connectivity index (χ0v) is 43.4. The lowest BCUT2D eigenvalue weighted by atomic mass is 9.87. The molecule has 4 aromatic heterocycles. The van der Waals surface area contributed by atoms with Crippen LogP contribution in [-0.2, 0) is 30.9 Å². The Morgan fingerprint density at radius 3 is 1.35 bits per heavy atom. The highest BCUT2D eigenvalue weighted by atomic mass is 35.5. The lowest BCUT2D eigenvalue weighted by Crippen LogP contribution is -2.17. The summed E-state index contributed by atoms with van der Waals surface area (Å²) in [6.45, 7) is 11.4. The van der Waals surface area contributed by atoms with Crippen LogP contribution in [0.4, 0.5) is 11.6 Å². The van der Waals surface area contributed by atoms with Crippen LogP contribution in [0.15, 0.2) is 144 Å². The number of aromatic nitrogens is 8. The van der Waals surface area contributed by atoms with Crippen molar-refractivity contribution in [3.63, 3.8) is 0 Å². The Morgan fingerprint density at radius 1 is 0.533 bits per heavy atom. The molecule has 4 heterocycles. The van der Waals surface area contributed by atoms with E-state index in [1.165, 1.54) is 79.4 Å². The SMILES string of the molecule is [2H]C([2H])([2H])Oc1ccccc1Oc1c(Cl)nc(-c2ncccn2)nc1NS(=O)(=O)c1ccc(C(C)(C)C)cc1.[2H]C([2H])([2H])Oc1ccccc1Oc1c(NS(=O)(=O)c2ccc(C(C)(C)C)cc2)nc(-c2ncccn2)nc1OCCO. The predicted octanol–water partition coefficient (Wildman–Crippen LogP) is 9.69. The molecule has 0 spiro atoms. The van der Waals surface area contributed by atoms with Crippen molar-refractivity contribution in [3.8, 4) is 63.7 Å². The van der Waals surface area contributed by atoms with E-state index in [9.17, 15) is 21.9 Å². The standard InChI is InChI=1S/C27H29N5O6S.C25H24ClN5O4S/c1-27(2,3)18-10-12-19(13-11-18)39(34,35)32-23-22(38-21-9-6-5-8-20(21)36-4)26(37-17-16-33)31-25(30-23)24-28-14-7-15-29-24;1-25(2,3)16-10-12-17(13-11-16)36(32,33)31-22-20(35-19-9-6-5-8-18(19)34-4)21(26)29-24(30-22)23-27-14-7-15-28-23/h5-15,33H,16-17H2,1-4H3,(H,30,31,32);5-15H,1-4H3,(H,29,30,31)/i2*4D3. The van der Waals surface area contributed by atoms with E-state index in [0.717, 1.165) is 11.1 Å². The van der Waals surface area contributed by atoms with E-state index in [-0.39, 0.29) is 108 Å². The van der Waals surface area contributed by atoms with Crippen LogP contribution in [-0.4, -0.2) is 89.1 Å². The number of nitrogens with zero attached hydrogens (tertiary/aromatic N) is 8. The fourth-order valence-corrected chi connectivity index (χ4v) is 8.76. The van der Waals surface area contributed by atoms with Gasteiger partial charge < -0.3 is 28.8 Å². The number of hydrogen-bond acceptors (Lipinski definition) is 18. The van der Waals surface area contributed by atoms with E-state index in [1.54, 1.807) is 54.6 Å². The van der Waals surface area contributed by atoms with Gasteiger partial charge in [-0.25, -0.2) is 51.7 Å². The van der Waals surface area contributed by atoms with Crippen molar-refractivity contribution < 1.29 is 53.9 Å². The maximum atomic E-state index is 13.6. The minimum Gasteiger partial charge on any atom is -0.493 e. The number of anilines is 2. The van der Waals surface area contributed by atoms with E-state index >= 15 is 0 Å². The maximum absolute atomic E-state index is 13.6. The number of para-hydroxylation sites is 4. The highest BCUT2D eigenvalue weighted by molar-refractivity contribution is 7.93. The average Bonchev–Trinajstić information content (AvgIpc) is 3.60. The van der Waals surface area contributed by atoms with Gasteiger partial charge in [-0.2, -0.15) is 4.98 Å². The minimum atomic E-state index is -4.25. The number of benzene rings is 4. The summed E-state index contributed by atoms with van der Waals surface area (Å²) in [6.07, 6.45) is 5.83. The number of methoxy groups -OCH3 is 2. The molecule has 0 radical (unpaired) electrons. The van der Waals surface area contributed by atoms with Crippen molar-refractivity contribution in [1.29, 1.82) is 0 Å². The molecule has 0 aliphatic rings. The lowest BCUT2D eigenvalue weighted by Gasteiger charge is -2.20. The number of aliphatic hydroxyl groups is 1. The molecule has 0 atom stereocenters. The van der Waals surface area contributed by atoms with Gasteiger partial charge in [0.15, 0.2) is 51.4 Å². The number of hydrogen-bond donors (Lipinski definition) is 3. The van der Waals surface area contributed by atoms with Gasteiger partial charge in [0.1, 0.15) is 6.61 Å². The second-order valence-corrected chi connectivity index (χ2v) is 21.5. The Labute approximate surface area is 448 Å². The second-order valence-electron chi connectivity index (χ2n) is 17.8. The molecule has 0 saturated heterocycles. The van der Waals surface area contributed by atoms with Crippen LogP contribution in [0.3, 0.4) is 0 Å². The summed E-state index contributed by atoms with van der Waals surface area (Å²) in [4.78, 5) is 33.4. The number of halogens is 1. The second kappa shape index (κ2) is 23.4. The number of rotatable bonds is 17. The monoisotopic (exact) mass is 1080 g/mol. The smallest absolute Gasteiger partial charge is 0.263 e. The molecule has 0 aliphatic heterocycles. The fourth-order valence-electron chi connectivity index (χ4n) is 6.54. The van der Waals surface area contributed by atoms with Crippen LogP contribution in [0.2, 0.25) is 5.15 Å². The molecule has 390 valence electrons. The first-order valence-corrected chi connectivity index (χ1v) is 25.8. The first-order valence-electron chi connectivity index (χ1n) is 25.5. The van der Waals surface area contributed by atoms with Crippen LogP contribution >= 0.6 is 11.6 Å². The van der Waals surface area contributed by atoms with Gasteiger partial charge in [-0.05, 0) is 82.6 Å². The Morgan fingerprint density at radius 2 is 0.933 bits per heavy atom. The zero-order chi connectivity index (χ0) is 59.0. The Balaban J connectivity index is 0.000000234. The topological polar surface area (TPSA) is 262 Å². The largest absolute Gasteiger partial charge is 0.493 e. The predicted molar refractivity (Wildman–Crippen MR) is 282 cm³/mol. The first-order chi connectivity index (χ1) is 38.0. The highest BCUT2D eigenvalue weighted by Crippen LogP contribution is 2.43. The molecule has 8 rings (SSSR count). The molecule has 4 aromatic carbocycles. The maximum Gasteiger partial charge on any atom is 0.263 e. The van der Waals surface area contributed by atoms with Crippen molar-refractivity contribution in [2.45, 2.75) is 62.2 Å².